The average Bonchev–Trinajstić information content (AvgIpc) is 2.13. The second-order valence-corrected chi connectivity index (χ2v) is 15.2. The molecule has 0 aromatic heterocycles. The van der Waals surface area contributed by atoms with Gasteiger partial charge in [-0.05, 0) is 57.0 Å². The van der Waals surface area contributed by atoms with Crippen molar-refractivity contribution in [2.45, 2.75) is 45.9 Å². The summed E-state index contributed by atoms with van der Waals surface area (Å²) in [6, 6.07) is 8.27. The minimum absolute atomic E-state index is 0.711. The second kappa shape index (κ2) is 5.37. The topological polar surface area (TPSA) is 18.5 Å². The van der Waals surface area contributed by atoms with Gasteiger partial charge in [-0.3, -0.25) is 0 Å². The quantitative estimate of drug-likeness (QED) is 0.743. The fourth-order valence-corrected chi connectivity index (χ4v) is 2.75. The van der Waals surface area contributed by atoms with Gasteiger partial charge in [-0.15, -0.1) is 0 Å². The fourth-order valence-electron chi connectivity index (χ4n) is 1.31. The van der Waals surface area contributed by atoms with E-state index >= 15 is 0 Å². The third-order valence-corrected chi connectivity index (χ3v) is 3.88. The Balaban J connectivity index is 2.56. The summed E-state index contributed by atoms with van der Waals surface area (Å²) >= 11 is 0. The first-order valence-electron chi connectivity index (χ1n) is 6.08. The summed E-state index contributed by atoms with van der Waals surface area (Å²) in [5, 5.41) is 0. The Morgan fingerprint density at radius 3 is 1.76 bits per heavy atom. The lowest BCUT2D eigenvalue weighted by molar-refractivity contribution is 0.299. The first-order chi connectivity index (χ1) is 7.66. The lowest BCUT2D eigenvalue weighted by atomic mass is 10.2. The SMILES string of the molecule is C[Si](C)(C)OCc1ccc(O[Si](C)(C)C)cc1. The van der Waals surface area contributed by atoms with E-state index in [1.54, 1.807) is 0 Å². The summed E-state index contributed by atoms with van der Waals surface area (Å²) in [7, 11) is -2.90. The maximum Gasteiger partial charge on any atom is 0.242 e. The van der Waals surface area contributed by atoms with Crippen molar-refractivity contribution in [3.63, 3.8) is 0 Å². The Morgan fingerprint density at radius 1 is 0.824 bits per heavy atom. The van der Waals surface area contributed by atoms with Gasteiger partial charge in [0.25, 0.3) is 0 Å². The molecule has 0 aliphatic carbocycles. The first-order valence-corrected chi connectivity index (χ1v) is 12.9. The van der Waals surface area contributed by atoms with Crippen LogP contribution in [0.25, 0.3) is 0 Å². The normalized spacial score (nSPS) is 12.6. The van der Waals surface area contributed by atoms with Crippen LogP contribution < -0.4 is 4.43 Å². The predicted octanol–water partition coefficient (Wildman–Crippen LogP) is 4.25. The van der Waals surface area contributed by atoms with Gasteiger partial charge in [0.15, 0.2) is 8.32 Å². The van der Waals surface area contributed by atoms with Crippen LogP contribution in [0.4, 0.5) is 0 Å². The Kier molecular flexibility index (Phi) is 4.57. The van der Waals surface area contributed by atoms with Crippen molar-refractivity contribution in [2.75, 3.05) is 0 Å². The highest BCUT2D eigenvalue weighted by atomic mass is 28.4. The molecule has 0 bridgehead atoms. The molecule has 1 rings (SSSR count). The van der Waals surface area contributed by atoms with Crippen LogP contribution in [-0.4, -0.2) is 16.6 Å². The molecule has 1 aromatic carbocycles. The monoisotopic (exact) mass is 268 g/mol. The average molecular weight is 269 g/mol. The summed E-state index contributed by atoms with van der Waals surface area (Å²) in [6.45, 7) is 13.9. The third kappa shape index (κ3) is 6.66. The molecule has 1 aromatic rings. The molecule has 0 atom stereocenters. The number of rotatable bonds is 5. The van der Waals surface area contributed by atoms with E-state index in [4.69, 9.17) is 8.85 Å². The van der Waals surface area contributed by atoms with E-state index in [-0.39, 0.29) is 0 Å². The van der Waals surface area contributed by atoms with Crippen LogP contribution in [0.15, 0.2) is 24.3 Å². The molecule has 0 saturated heterocycles. The van der Waals surface area contributed by atoms with Crippen molar-refractivity contribution in [3.8, 4) is 5.75 Å². The maximum atomic E-state index is 5.91. The molecule has 96 valence electrons. The highest BCUT2D eigenvalue weighted by Crippen LogP contribution is 2.18. The van der Waals surface area contributed by atoms with Crippen LogP contribution >= 0.6 is 0 Å². The van der Waals surface area contributed by atoms with Crippen molar-refractivity contribution >= 4 is 16.6 Å². The highest BCUT2D eigenvalue weighted by Gasteiger charge is 2.16. The fraction of sp³-hybridized carbons (Fsp3) is 0.538. The van der Waals surface area contributed by atoms with Gasteiger partial charge in [0.05, 0.1) is 6.61 Å². The zero-order valence-corrected chi connectivity index (χ0v) is 13.8. The molecule has 0 unspecified atom stereocenters. The Bertz CT molecular complexity index is 347. The van der Waals surface area contributed by atoms with Gasteiger partial charge in [0.2, 0.25) is 8.32 Å². The highest BCUT2D eigenvalue weighted by molar-refractivity contribution is 6.70. The Labute approximate surface area is 107 Å². The summed E-state index contributed by atoms with van der Waals surface area (Å²) in [6.07, 6.45) is 0. The van der Waals surface area contributed by atoms with Crippen LogP contribution in [0.1, 0.15) is 5.56 Å². The second-order valence-electron chi connectivity index (χ2n) is 6.26. The maximum absolute atomic E-state index is 5.91. The van der Waals surface area contributed by atoms with Gasteiger partial charge in [0, 0.05) is 0 Å². The summed E-state index contributed by atoms with van der Waals surface area (Å²) in [5.41, 5.74) is 1.22. The van der Waals surface area contributed by atoms with Crippen molar-refractivity contribution in [3.05, 3.63) is 29.8 Å². The third-order valence-electron chi connectivity index (χ3n) is 2.02. The molecule has 0 saturated carbocycles. The Hall–Kier alpha value is -0.586. The minimum atomic E-state index is -1.49. The van der Waals surface area contributed by atoms with Crippen LogP contribution in [0.5, 0.6) is 5.75 Å². The zero-order chi connectivity index (χ0) is 13.1. The van der Waals surface area contributed by atoms with Crippen molar-refractivity contribution < 1.29 is 8.85 Å². The molecule has 0 fully saturated rings. The molecule has 0 aliphatic heterocycles. The number of hydrogen-bond acceptors (Lipinski definition) is 2. The van der Waals surface area contributed by atoms with Crippen molar-refractivity contribution in [1.82, 2.24) is 0 Å². The molecule has 0 aliphatic rings. The van der Waals surface area contributed by atoms with E-state index in [0.29, 0.717) is 6.61 Å². The zero-order valence-electron chi connectivity index (χ0n) is 11.8. The standard InChI is InChI=1S/C13H24O2Si2/c1-16(2,3)14-11-12-7-9-13(10-8-12)15-17(4,5)6/h7-10H,11H2,1-6H3. The molecule has 0 heterocycles. The molecule has 17 heavy (non-hydrogen) atoms. The molecule has 0 radical (unpaired) electrons. The van der Waals surface area contributed by atoms with Gasteiger partial charge in [-0.2, -0.15) is 0 Å². The summed E-state index contributed by atoms with van der Waals surface area (Å²) < 4.78 is 11.8. The van der Waals surface area contributed by atoms with E-state index in [9.17, 15) is 0 Å². The molecule has 4 heteroatoms. The van der Waals surface area contributed by atoms with Gasteiger partial charge < -0.3 is 8.85 Å². The van der Waals surface area contributed by atoms with Crippen LogP contribution in [-0.2, 0) is 11.0 Å². The molecule has 0 N–H and O–H groups in total. The summed E-state index contributed by atoms with van der Waals surface area (Å²) in [4.78, 5) is 0. The van der Waals surface area contributed by atoms with Crippen LogP contribution in [0, 0.1) is 0 Å². The molecular weight excluding hydrogens is 244 g/mol. The summed E-state index contributed by atoms with van der Waals surface area (Å²) in [5.74, 6) is 0.973. The number of benzene rings is 1. The Morgan fingerprint density at radius 2 is 1.35 bits per heavy atom. The first kappa shape index (κ1) is 14.5. The van der Waals surface area contributed by atoms with Crippen LogP contribution in [0.2, 0.25) is 39.3 Å². The van der Waals surface area contributed by atoms with E-state index < -0.39 is 16.6 Å². The van der Waals surface area contributed by atoms with Crippen LogP contribution in [0.3, 0.4) is 0 Å². The lowest BCUT2D eigenvalue weighted by Crippen LogP contribution is -2.29. The van der Waals surface area contributed by atoms with Crippen molar-refractivity contribution in [1.29, 1.82) is 0 Å². The molecule has 2 nitrogen and oxygen atoms in total. The lowest BCUT2D eigenvalue weighted by Gasteiger charge is -2.20. The van der Waals surface area contributed by atoms with Gasteiger partial charge in [-0.25, -0.2) is 0 Å². The molecular formula is C13H24O2Si2. The van der Waals surface area contributed by atoms with Crippen molar-refractivity contribution in [2.24, 2.45) is 0 Å². The molecule has 0 amide bonds. The smallest absolute Gasteiger partial charge is 0.242 e. The van der Waals surface area contributed by atoms with Gasteiger partial charge in [-0.1, -0.05) is 12.1 Å². The van der Waals surface area contributed by atoms with E-state index in [1.165, 1.54) is 5.56 Å². The van der Waals surface area contributed by atoms with Gasteiger partial charge >= 0.3 is 0 Å². The largest absolute Gasteiger partial charge is 0.544 e. The van der Waals surface area contributed by atoms with E-state index in [2.05, 4.69) is 51.4 Å². The number of hydrogen-bond donors (Lipinski definition) is 0. The van der Waals surface area contributed by atoms with E-state index in [1.807, 2.05) is 12.1 Å². The van der Waals surface area contributed by atoms with E-state index in [0.717, 1.165) is 5.75 Å². The minimum Gasteiger partial charge on any atom is -0.544 e. The predicted molar refractivity (Wildman–Crippen MR) is 78.6 cm³/mol. The molecule has 0 spiro atoms. The van der Waals surface area contributed by atoms with Gasteiger partial charge in [0.1, 0.15) is 5.75 Å².